The smallest absolute Gasteiger partial charge is 0.186 e. The molecule has 2 unspecified atom stereocenters. The number of aliphatic hydroxyl groups is 3. The van der Waals surface area contributed by atoms with Crippen molar-refractivity contribution in [2.75, 3.05) is 26.9 Å². The molecule has 0 aromatic heterocycles. The van der Waals surface area contributed by atoms with Crippen LogP contribution >= 0.6 is 0 Å². The highest BCUT2D eigenvalue weighted by molar-refractivity contribution is 4.86. The fourth-order valence-corrected chi connectivity index (χ4v) is 1.72. The zero-order valence-electron chi connectivity index (χ0n) is 9.57. The van der Waals surface area contributed by atoms with E-state index < -0.39 is 18.5 Å². The molecule has 3 N–H and O–H groups in total. The first kappa shape index (κ1) is 13.8. The van der Waals surface area contributed by atoms with Crippen LogP contribution in [0.25, 0.3) is 0 Å². The van der Waals surface area contributed by atoms with Crippen LogP contribution in [0.1, 0.15) is 6.92 Å². The largest absolute Gasteiger partial charge is 0.394 e. The Balaban J connectivity index is 2.50. The minimum atomic E-state index is -1.05. The number of ether oxygens (including phenoxy) is 3. The molecule has 0 amide bonds. The average Bonchev–Trinajstić information content (AvgIpc) is 2.29. The second kappa shape index (κ2) is 6.48. The summed E-state index contributed by atoms with van der Waals surface area (Å²) in [5.41, 5.74) is 0. The molecule has 1 rings (SSSR count). The molecule has 96 valence electrons. The number of hydrogen-bond donors (Lipinski definition) is 3. The fourth-order valence-electron chi connectivity index (χ4n) is 1.72. The van der Waals surface area contributed by atoms with E-state index >= 15 is 0 Å². The molecule has 0 aromatic rings. The van der Waals surface area contributed by atoms with Gasteiger partial charge in [0.05, 0.1) is 32.0 Å². The summed E-state index contributed by atoms with van der Waals surface area (Å²) >= 11 is 0. The van der Waals surface area contributed by atoms with Crippen LogP contribution in [0.4, 0.5) is 0 Å². The van der Waals surface area contributed by atoms with E-state index in [1.165, 1.54) is 7.11 Å². The van der Waals surface area contributed by atoms with Crippen LogP contribution in [-0.4, -0.2) is 66.9 Å². The van der Waals surface area contributed by atoms with Gasteiger partial charge < -0.3 is 29.5 Å². The van der Waals surface area contributed by atoms with Gasteiger partial charge in [-0.25, -0.2) is 0 Å². The Kier molecular flexibility index (Phi) is 5.60. The zero-order chi connectivity index (χ0) is 12.1. The van der Waals surface area contributed by atoms with Crippen LogP contribution in [0, 0.1) is 5.92 Å². The summed E-state index contributed by atoms with van der Waals surface area (Å²) in [6.07, 6.45) is -3.14. The van der Waals surface area contributed by atoms with E-state index in [1.807, 2.05) is 0 Å². The predicted octanol–water partition coefficient (Wildman–Crippen LogP) is -1.28. The summed E-state index contributed by atoms with van der Waals surface area (Å²) in [6, 6.07) is 0. The molecule has 1 aliphatic rings. The van der Waals surface area contributed by atoms with Crippen LogP contribution in [0.5, 0.6) is 0 Å². The van der Waals surface area contributed by atoms with E-state index in [1.54, 1.807) is 6.92 Å². The molecule has 6 nitrogen and oxygen atoms in total. The Hall–Kier alpha value is -0.240. The summed E-state index contributed by atoms with van der Waals surface area (Å²) in [6.45, 7) is 2.20. The molecule has 0 saturated carbocycles. The molecule has 0 bridgehead atoms. The van der Waals surface area contributed by atoms with Crippen LogP contribution in [0.3, 0.4) is 0 Å². The van der Waals surface area contributed by atoms with Gasteiger partial charge in [-0.15, -0.1) is 0 Å². The van der Waals surface area contributed by atoms with Crippen molar-refractivity contribution < 1.29 is 29.5 Å². The van der Waals surface area contributed by atoms with Gasteiger partial charge in [-0.1, -0.05) is 6.92 Å². The fraction of sp³-hybridized carbons (Fsp3) is 1.00. The highest BCUT2D eigenvalue weighted by atomic mass is 16.7. The Morgan fingerprint density at radius 2 is 1.94 bits per heavy atom. The zero-order valence-corrected chi connectivity index (χ0v) is 9.57. The third-order valence-electron chi connectivity index (χ3n) is 2.81. The van der Waals surface area contributed by atoms with Gasteiger partial charge >= 0.3 is 0 Å². The number of rotatable bonds is 5. The van der Waals surface area contributed by atoms with Crippen molar-refractivity contribution in [1.29, 1.82) is 0 Å². The maximum Gasteiger partial charge on any atom is 0.186 e. The van der Waals surface area contributed by atoms with Crippen LogP contribution < -0.4 is 0 Å². The van der Waals surface area contributed by atoms with E-state index in [-0.39, 0.29) is 31.8 Å². The van der Waals surface area contributed by atoms with Gasteiger partial charge in [0.1, 0.15) is 6.10 Å². The molecule has 5 atom stereocenters. The van der Waals surface area contributed by atoms with Gasteiger partial charge in [0.15, 0.2) is 6.29 Å². The lowest BCUT2D eigenvalue weighted by molar-refractivity contribution is -0.282. The van der Waals surface area contributed by atoms with Gasteiger partial charge in [0.2, 0.25) is 0 Å². The second-order valence-corrected chi connectivity index (χ2v) is 3.92. The van der Waals surface area contributed by atoms with Crippen molar-refractivity contribution in [2.24, 2.45) is 5.92 Å². The third-order valence-corrected chi connectivity index (χ3v) is 2.81. The monoisotopic (exact) mass is 236 g/mol. The van der Waals surface area contributed by atoms with Crippen molar-refractivity contribution in [3.8, 4) is 0 Å². The van der Waals surface area contributed by atoms with E-state index in [0.29, 0.717) is 0 Å². The molecule has 0 aliphatic carbocycles. The molecule has 0 spiro atoms. The number of aliphatic hydroxyl groups excluding tert-OH is 3. The van der Waals surface area contributed by atoms with Crippen LogP contribution in [0.15, 0.2) is 0 Å². The van der Waals surface area contributed by atoms with Gasteiger partial charge in [-0.05, 0) is 0 Å². The quantitative estimate of drug-likeness (QED) is 0.516. The predicted molar refractivity (Wildman–Crippen MR) is 54.8 cm³/mol. The molecule has 0 aromatic carbocycles. The SMILES string of the molecule is CO[C@@H]1OC(COCCO)C(C)[C@H](O)[C@H]1O. The summed E-state index contributed by atoms with van der Waals surface area (Å²) in [4.78, 5) is 0. The second-order valence-electron chi connectivity index (χ2n) is 3.92. The molecule has 1 fully saturated rings. The van der Waals surface area contributed by atoms with Crippen LogP contribution in [-0.2, 0) is 14.2 Å². The Morgan fingerprint density at radius 3 is 2.50 bits per heavy atom. The van der Waals surface area contributed by atoms with Crippen molar-refractivity contribution in [2.45, 2.75) is 31.5 Å². The Labute approximate surface area is 94.7 Å². The van der Waals surface area contributed by atoms with Crippen molar-refractivity contribution in [3.63, 3.8) is 0 Å². The van der Waals surface area contributed by atoms with Crippen LogP contribution in [0.2, 0.25) is 0 Å². The van der Waals surface area contributed by atoms with Gasteiger partial charge in [0.25, 0.3) is 0 Å². The lowest BCUT2D eigenvalue weighted by Crippen LogP contribution is -2.55. The molecule has 0 radical (unpaired) electrons. The van der Waals surface area contributed by atoms with Gasteiger partial charge in [0, 0.05) is 13.0 Å². The minimum Gasteiger partial charge on any atom is -0.394 e. The maximum atomic E-state index is 9.76. The normalized spacial score (nSPS) is 39.9. The molecule has 1 saturated heterocycles. The van der Waals surface area contributed by atoms with Crippen molar-refractivity contribution in [3.05, 3.63) is 0 Å². The van der Waals surface area contributed by atoms with E-state index in [2.05, 4.69) is 0 Å². The third kappa shape index (κ3) is 3.13. The molecule has 16 heavy (non-hydrogen) atoms. The summed E-state index contributed by atoms with van der Waals surface area (Å²) < 4.78 is 15.5. The maximum absolute atomic E-state index is 9.76. The van der Waals surface area contributed by atoms with Crippen molar-refractivity contribution >= 4 is 0 Å². The van der Waals surface area contributed by atoms with Gasteiger partial charge in [-0.3, -0.25) is 0 Å². The Bertz CT molecular complexity index is 198. The average molecular weight is 236 g/mol. The van der Waals surface area contributed by atoms with Crippen molar-refractivity contribution in [1.82, 2.24) is 0 Å². The molecular weight excluding hydrogens is 216 g/mol. The number of methoxy groups -OCH3 is 1. The molecule has 1 aliphatic heterocycles. The Morgan fingerprint density at radius 1 is 1.25 bits per heavy atom. The standard InChI is InChI=1S/C10H20O6/c1-6-7(5-15-4-3-11)16-10(14-2)9(13)8(6)12/h6-13H,3-5H2,1-2H3/t6?,7?,8-,9+,10+/m0/s1. The number of hydrogen-bond acceptors (Lipinski definition) is 6. The molecule has 1 heterocycles. The topological polar surface area (TPSA) is 88.4 Å². The summed E-state index contributed by atoms with van der Waals surface area (Å²) in [7, 11) is 1.40. The highest BCUT2D eigenvalue weighted by Gasteiger charge is 2.42. The lowest BCUT2D eigenvalue weighted by atomic mass is 9.91. The summed E-state index contributed by atoms with van der Waals surface area (Å²) in [5, 5.41) is 28.0. The molecule has 6 heteroatoms. The lowest BCUT2D eigenvalue weighted by Gasteiger charge is -2.40. The first-order chi connectivity index (χ1) is 7.61. The first-order valence-corrected chi connectivity index (χ1v) is 5.34. The summed E-state index contributed by atoms with van der Waals surface area (Å²) in [5.74, 6) is -0.250. The minimum absolute atomic E-state index is 0.0556. The van der Waals surface area contributed by atoms with E-state index in [4.69, 9.17) is 19.3 Å². The van der Waals surface area contributed by atoms with E-state index in [9.17, 15) is 10.2 Å². The van der Waals surface area contributed by atoms with Gasteiger partial charge in [-0.2, -0.15) is 0 Å². The van der Waals surface area contributed by atoms with E-state index in [0.717, 1.165) is 0 Å². The molecular formula is C10H20O6. The first-order valence-electron chi connectivity index (χ1n) is 5.34. The highest BCUT2D eigenvalue weighted by Crippen LogP contribution is 2.26.